The molecule has 2 heterocycles. The van der Waals surface area contributed by atoms with E-state index in [1.807, 2.05) is 13.8 Å². The maximum atomic E-state index is 13.1. The van der Waals surface area contributed by atoms with Gasteiger partial charge in [0.1, 0.15) is 6.54 Å². The molecule has 8 heteroatoms. The predicted molar refractivity (Wildman–Crippen MR) is 110 cm³/mol. The van der Waals surface area contributed by atoms with Crippen LogP contribution in [0.2, 0.25) is 0 Å². The van der Waals surface area contributed by atoms with Gasteiger partial charge in [0.2, 0.25) is 5.91 Å². The summed E-state index contributed by atoms with van der Waals surface area (Å²) in [5, 5.41) is 2.80. The second kappa shape index (κ2) is 9.21. The fourth-order valence-corrected chi connectivity index (χ4v) is 3.14. The lowest BCUT2D eigenvalue weighted by Crippen LogP contribution is -2.45. The molecule has 0 aromatic carbocycles. The first-order valence-electron chi connectivity index (χ1n) is 10.1. The molecule has 8 nitrogen and oxygen atoms in total. The number of fused-ring (bicyclic) bond motifs is 1. The normalized spacial score (nSPS) is 11.9. The van der Waals surface area contributed by atoms with Crippen LogP contribution in [-0.2, 0) is 24.4 Å². The second-order valence-corrected chi connectivity index (χ2v) is 8.67. The Hall–Kier alpha value is -2.38. The molecule has 0 unspecified atom stereocenters. The molecule has 0 aliphatic heterocycles. The Kier molecular flexibility index (Phi) is 7.21. The average Bonchev–Trinajstić information content (AvgIpc) is 2.97. The number of carbonyl (C=O) groups is 1. The highest BCUT2D eigenvalue weighted by Crippen LogP contribution is 2.11. The number of carbonyl (C=O) groups excluding carboxylic acids is 1. The van der Waals surface area contributed by atoms with Gasteiger partial charge in [-0.05, 0) is 24.2 Å². The summed E-state index contributed by atoms with van der Waals surface area (Å²) in [4.78, 5) is 42.7. The Morgan fingerprint density at radius 3 is 2.21 bits per heavy atom. The molecule has 2 aromatic rings. The minimum atomic E-state index is -0.486. The van der Waals surface area contributed by atoms with Crippen molar-refractivity contribution in [3.05, 3.63) is 27.2 Å². The van der Waals surface area contributed by atoms with Crippen molar-refractivity contribution in [2.24, 2.45) is 17.8 Å². The van der Waals surface area contributed by atoms with Crippen LogP contribution in [0.25, 0.3) is 11.2 Å². The van der Waals surface area contributed by atoms with Gasteiger partial charge >= 0.3 is 5.69 Å². The van der Waals surface area contributed by atoms with Crippen molar-refractivity contribution in [1.82, 2.24) is 24.0 Å². The lowest BCUT2D eigenvalue weighted by molar-refractivity contribution is -0.121. The molecule has 1 amide bonds. The lowest BCUT2D eigenvalue weighted by Gasteiger charge is -2.15. The van der Waals surface area contributed by atoms with Gasteiger partial charge in [0.25, 0.3) is 5.56 Å². The van der Waals surface area contributed by atoms with E-state index in [1.165, 1.54) is 4.57 Å². The first-order chi connectivity index (χ1) is 13.1. The minimum Gasteiger partial charge on any atom is -0.355 e. The number of imidazole rings is 1. The summed E-state index contributed by atoms with van der Waals surface area (Å²) in [5.41, 5.74) is -0.179. The molecular formula is C20H33N5O3. The summed E-state index contributed by atoms with van der Waals surface area (Å²) in [6.45, 7) is 13.5. The molecule has 0 fully saturated rings. The first kappa shape index (κ1) is 21.9. The second-order valence-electron chi connectivity index (χ2n) is 8.67. The Bertz CT molecular complexity index is 934. The van der Waals surface area contributed by atoms with Crippen molar-refractivity contribution < 1.29 is 4.79 Å². The zero-order valence-electron chi connectivity index (χ0n) is 17.9. The van der Waals surface area contributed by atoms with Gasteiger partial charge in [-0.2, -0.15) is 0 Å². The van der Waals surface area contributed by atoms with Crippen LogP contribution in [0.5, 0.6) is 0 Å². The van der Waals surface area contributed by atoms with Gasteiger partial charge in [-0.25, -0.2) is 14.3 Å². The summed E-state index contributed by atoms with van der Waals surface area (Å²) in [7, 11) is 0. The third-order valence-electron chi connectivity index (χ3n) is 4.44. The van der Waals surface area contributed by atoms with Gasteiger partial charge in [-0.15, -0.1) is 0 Å². The van der Waals surface area contributed by atoms with E-state index in [0.29, 0.717) is 42.6 Å². The average molecular weight is 392 g/mol. The van der Waals surface area contributed by atoms with Crippen LogP contribution in [0, 0.1) is 17.8 Å². The maximum absolute atomic E-state index is 13.1. The number of aromatic nitrogens is 4. The summed E-state index contributed by atoms with van der Waals surface area (Å²) < 4.78 is 4.33. The van der Waals surface area contributed by atoms with E-state index in [0.717, 1.165) is 11.0 Å². The topological polar surface area (TPSA) is 90.9 Å². The highest BCUT2D eigenvalue weighted by molar-refractivity contribution is 5.76. The number of nitrogens with zero attached hydrogens (tertiary/aromatic N) is 4. The van der Waals surface area contributed by atoms with Crippen molar-refractivity contribution >= 4 is 17.1 Å². The number of hydrogen-bond donors (Lipinski definition) is 1. The predicted octanol–water partition coefficient (Wildman–Crippen LogP) is 1.83. The molecule has 0 atom stereocenters. The summed E-state index contributed by atoms with van der Waals surface area (Å²) in [6, 6.07) is 0. The SMILES string of the molecule is CC(C)CCNC(=O)Cn1c(=O)c2c(ncn2CC(C)C)n(CC(C)C)c1=O. The van der Waals surface area contributed by atoms with E-state index in [2.05, 4.69) is 38.0 Å². The standard InChI is InChI=1S/C20H33N5O3/c1-13(2)7-8-21-16(26)11-25-19(27)17-18(22-12-23(17)9-14(3)4)24(20(25)28)10-15(5)6/h12-15H,7-11H2,1-6H3,(H,21,26). The summed E-state index contributed by atoms with van der Waals surface area (Å²) in [5.74, 6) is 0.648. The van der Waals surface area contributed by atoms with E-state index in [4.69, 9.17) is 0 Å². The van der Waals surface area contributed by atoms with Crippen LogP contribution in [0.3, 0.4) is 0 Å². The van der Waals surface area contributed by atoms with Gasteiger partial charge in [0.05, 0.1) is 6.33 Å². The molecule has 0 aliphatic rings. The molecule has 28 heavy (non-hydrogen) atoms. The summed E-state index contributed by atoms with van der Waals surface area (Å²) in [6.07, 6.45) is 2.45. The molecule has 0 spiro atoms. The lowest BCUT2D eigenvalue weighted by atomic mass is 10.1. The molecule has 0 radical (unpaired) electrons. The van der Waals surface area contributed by atoms with Gasteiger partial charge < -0.3 is 9.88 Å². The van der Waals surface area contributed by atoms with Crippen LogP contribution in [-0.4, -0.2) is 31.1 Å². The Morgan fingerprint density at radius 1 is 1.00 bits per heavy atom. The number of amides is 1. The fraction of sp³-hybridized carbons (Fsp3) is 0.700. The molecule has 2 aromatic heterocycles. The third-order valence-corrected chi connectivity index (χ3v) is 4.44. The van der Waals surface area contributed by atoms with Gasteiger partial charge in [-0.1, -0.05) is 41.5 Å². The quantitative estimate of drug-likeness (QED) is 0.706. The van der Waals surface area contributed by atoms with E-state index in [-0.39, 0.29) is 18.4 Å². The van der Waals surface area contributed by atoms with Crippen LogP contribution in [0.15, 0.2) is 15.9 Å². The van der Waals surface area contributed by atoms with Gasteiger partial charge in [-0.3, -0.25) is 14.2 Å². The smallest absolute Gasteiger partial charge is 0.333 e. The van der Waals surface area contributed by atoms with E-state index in [9.17, 15) is 14.4 Å². The monoisotopic (exact) mass is 391 g/mol. The van der Waals surface area contributed by atoms with Crippen molar-refractivity contribution in [1.29, 1.82) is 0 Å². The first-order valence-corrected chi connectivity index (χ1v) is 10.1. The minimum absolute atomic E-state index is 0.196. The number of nitrogens with one attached hydrogen (secondary N) is 1. The van der Waals surface area contributed by atoms with Crippen molar-refractivity contribution in [3.63, 3.8) is 0 Å². The van der Waals surface area contributed by atoms with Gasteiger partial charge in [0.15, 0.2) is 11.2 Å². The van der Waals surface area contributed by atoms with Crippen molar-refractivity contribution in [2.75, 3.05) is 6.54 Å². The molecule has 1 N–H and O–H groups in total. The zero-order chi connectivity index (χ0) is 21.0. The Balaban J connectivity index is 2.50. The number of rotatable bonds is 9. The number of hydrogen-bond acceptors (Lipinski definition) is 4. The molecule has 0 saturated carbocycles. The van der Waals surface area contributed by atoms with Crippen LogP contribution >= 0.6 is 0 Å². The van der Waals surface area contributed by atoms with Gasteiger partial charge in [0, 0.05) is 19.6 Å². The Labute approximate surface area is 165 Å². The highest BCUT2D eigenvalue weighted by Gasteiger charge is 2.20. The fourth-order valence-electron chi connectivity index (χ4n) is 3.14. The van der Waals surface area contributed by atoms with E-state index >= 15 is 0 Å². The maximum Gasteiger partial charge on any atom is 0.333 e. The van der Waals surface area contributed by atoms with Crippen LogP contribution < -0.4 is 16.6 Å². The molecule has 156 valence electrons. The molecule has 0 bridgehead atoms. The molecule has 0 aliphatic carbocycles. The van der Waals surface area contributed by atoms with Crippen molar-refractivity contribution in [2.45, 2.75) is 67.6 Å². The Morgan fingerprint density at radius 2 is 1.64 bits per heavy atom. The summed E-state index contributed by atoms with van der Waals surface area (Å²) >= 11 is 0. The third kappa shape index (κ3) is 5.11. The highest BCUT2D eigenvalue weighted by atomic mass is 16.2. The molecule has 2 rings (SSSR count). The van der Waals surface area contributed by atoms with E-state index in [1.54, 1.807) is 10.9 Å². The molecular weight excluding hydrogens is 358 g/mol. The van der Waals surface area contributed by atoms with Crippen LogP contribution in [0.4, 0.5) is 0 Å². The van der Waals surface area contributed by atoms with E-state index < -0.39 is 11.2 Å². The molecule has 0 saturated heterocycles. The zero-order valence-corrected chi connectivity index (χ0v) is 17.9. The van der Waals surface area contributed by atoms with Crippen LogP contribution in [0.1, 0.15) is 48.0 Å². The largest absolute Gasteiger partial charge is 0.355 e. The van der Waals surface area contributed by atoms with Crippen molar-refractivity contribution in [3.8, 4) is 0 Å².